The number of phenolic OH excluding ortho intramolecular Hbond substituents is 1. The fourth-order valence-corrected chi connectivity index (χ4v) is 1.74. The lowest BCUT2D eigenvalue weighted by atomic mass is 10.3. The monoisotopic (exact) mass is 471 g/mol. The van der Waals surface area contributed by atoms with Crippen molar-refractivity contribution in [2.45, 2.75) is 7.43 Å². The molecule has 2 rings (SSSR count). The molecule has 0 aliphatic rings. The van der Waals surface area contributed by atoms with Crippen molar-refractivity contribution in [1.82, 2.24) is 0 Å². The van der Waals surface area contributed by atoms with E-state index in [1.54, 1.807) is 0 Å². The molecule has 168 valence electrons. The van der Waals surface area contributed by atoms with Crippen molar-refractivity contribution >= 4 is 27.0 Å². The Labute approximate surface area is 168 Å². The second kappa shape index (κ2) is 12.6. The summed E-state index contributed by atoms with van der Waals surface area (Å²) in [4.78, 5) is 58.8. The number of rotatable bonds is 4. The second-order valence-corrected chi connectivity index (χ2v) is 6.74. The van der Waals surface area contributed by atoms with Crippen LogP contribution < -0.4 is 9.42 Å². The van der Waals surface area contributed by atoms with Gasteiger partial charge in [0.1, 0.15) is 11.5 Å². The van der Waals surface area contributed by atoms with Crippen LogP contribution in [-0.4, -0.2) is 34.5 Å². The molecule has 0 bridgehead atoms. The van der Waals surface area contributed by atoms with Crippen molar-refractivity contribution in [3.63, 3.8) is 0 Å². The molecule has 0 aliphatic heterocycles. The number of nitro benzene ring substituents is 2. The van der Waals surface area contributed by atoms with Gasteiger partial charge in [0.15, 0.2) is 0 Å². The molecule has 0 aliphatic carbocycles. The third-order valence-electron chi connectivity index (χ3n) is 2.33. The predicted molar refractivity (Wildman–Crippen MR) is 99.3 cm³/mol. The summed E-state index contributed by atoms with van der Waals surface area (Å²) in [6.07, 6.45) is 0. The molecular formula is C13H17N2O13P2-. The Bertz CT molecular complexity index is 897. The summed E-state index contributed by atoms with van der Waals surface area (Å²) in [5.41, 5.74) is -0.194. The highest BCUT2D eigenvalue weighted by Crippen LogP contribution is 2.37. The molecule has 17 heteroatoms. The topological polar surface area (TPSA) is 254 Å². The molecule has 2 aromatic rings. The summed E-state index contributed by atoms with van der Waals surface area (Å²) in [5, 5.41) is 29.0. The van der Waals surface area contributed by atoms with Gasteiger partial charge in [-0.15, -0.1) is 0 Å². The Kier molecular flexibility index (Phi) is 12.3. The Balaban J connectivity index is 0. The van der Waals surface area contributed by atoms with E-state index >= 15 is 0 Å². The standard InChI is InChI=1S/C6H6NO6P.C6H5NO3.CH4.H3O4P/c8-7(9)5-1-3-6(4-2-5)13-14(10,11)12;8-6-3-1-5(2-4-6)7(9)10;;1-5(2,3)4/h1-4H,(H2,10,11,12);1-4,8H;1H4;(H3,1,2,3,4)/p-1. The van der Waals surface area contributed by atoms with E-state index in [1.165, 1.54) is 24.3 Å². The van der Waals surface area contributed by atoms with Crippen molar-refractivity contribution in [2.75, 3.05) is 0 Å². The quantitative estimate of drug-likeness (QED) is 0.241. The fourth-order valence-electron chi connectivity index (χ4n) is 1.34. The van der Waals surface area contributed by atoms with E-state index in [9.17, 15) is 24.8 Å². The Morgan fingerprint density at radius 1 is 0.767 bits per heavy atom. The van der Waals surface area contributed by atoms with Gasteiger partial charge < -0.3 is 24.3 Å². The zero-order chi connectivity index (χ0) is 22.8. The Hall–Kier alpha value is -2.90. The van der Waals surface area contributed by atoms with Crippen LogP contribution in [0.15, 0.2) is 48.5 Å². The van der Waals surface area contributed by atoms with E-state index < -0.39 is 25.5 Å². The highest BCUT2D eigenvalue weighted by Gasteiger charge is 2.16. The van der Waals surface area contributed by atoms with Crippen LogP contribution in [0.1, 0.15) is 7.43 Å². The first kappa shape index (κ1) is 29.3. The van der Waals surface area contributed by atoms with Crippen LogP contribution in [0.4, 0.5) is 11.4 Å². The second-order valence-electron chi connectivity index (χ2n) is 4.60. The first-order valence-electron chi connectivity index (χ1n) is 6.78. The smallest absolute Gasteiger partial charge is 0.524 e. The van der Waals surface area contributed by atoms with Gasteiger partial charge in [0.2, 0.25) is 0 Å². The van der Waals surface area contributed by atoms with Crippen LogP contribution in [-0.2, 0) is 9.13 Å². The number of benzene rings is 2. The van der Waals surface area contributed by atoms with Gasteiger partial charge in [-0.1, -0.05) is 7.43 Å². The van der Waals surface area contributed by atoms with Gasteiger partial charge in [0.05, 0.1) is 9.85 Å². The molecule has 2 aromatic carbocycles. The van der Waals surface area contributed by atoms with Gasteiger partial charge in [-0.25, -0.2) is 4.57 Å². The van der Waals surface area contributed by atoms with Crippen molar-refractivity contribution < 1.29 is 53.1 Å². The maximum Gasteiger partial charge on any atom is 0.524 e. The van der Waals surface area contributed by atoms with Gasteiger partial charge in [-0.05, 0) is 24.3 Å². The van der Waals surface area contributed by atoms with E-state index in [0.717, 1.165) is 24.3 Å². The zero-order valence-electron chi connectivity index (χ0n) is 13.9. The number of phenols is 1. The van der Waals surface area contributed by atoms with Gasteiger partial charge >= 0.3 is 7.82 Å². The van der Waals surface area contributed by atoms with Crippen LogP contribution in [0.5, 0.6) is 11.5 Å². The fraction of sp³-hybridized carbons (Fsp3) is 0.0769. The number of phosphoric ester groups is 1. The van der Waals surface area contributed by atoms with Gasteiger partial charge in [-0.2, -0.15) is 0 Å². The summed E-state index contributed by atoms with van der Waals surface area (Å²) in [6.45, 7) is 0. The minimum absolute atomic E-state index is 0. The third kappa shape index (κ3) is 16.1. The van der Waals surface area contributed by atoms with E-state index in [-0.39, 0.29) is 30.3 Å². The zero-order valence-corrected chi connectivity index (χ0v) is 15.7. The summed E-state index contributed by atoms with van der Waals surface area (Å²) < 4.78 is 23.3. The highest BCUT2D eigenvalue weighted by molar-refractivity contribution is 7.46. The van der Waals surface area contributed by atoms with E-state index in [2.05, 4.69) is 4.52 Å². The maximum atomic E-state index is 10.4. The normalized spacial score (nSPS) is 10.2. The molecule has 0 saturated heterocycles. The molecule has 0 radical (unpaired) electrons. The minimum atomic E-state index is -4.89. The first-order chi connectivity index (χ1) is 13.1. The van der Waals surface area contributed by atoms with E-state index in [4.69, 9.17) is 34.1 Å². The highest BCUT2D eigenvalue weighted by atomic mass is 31.2. The average molecular weight is 471 g/mol. The van der Waals surface area contributed by atoms with Gasteiger partial charge in [-0.3, -0.25) is 34.6 Å². The molecule has 0 fully saturated rings. The lowest BCUT2D eigenvalue weighted by Gasteiger charge is -2.05. The van der Waals surface area contributed by atoms with Crippen LogP contribution in [0.25, 0.3) is 0 Å². The lowest BCUT2D eigenvalue weighted by Crippen LogP contribution is -1.94. The number of non-ortho nitro benzene ring substituents is 2. The maximum absolute atomic E-state index is 10.4. The lowest BCUT2D eigenvalue weighted by molar-refractivity contribution is -0.385. The molecule has 30 heavy (non-hydrogen) atoms. The molecule has 0 spiro atoms. The van der Waals surface area contributed by atoms with Crippen LogP contribution in [0.2, 0.25) is 0 Å². The molecule has 0 amide bonds. The summed E-state index contributed by atoms with van der Waals surface area (Å²) in [5.74, 6) is -0.0884. The van der Waals surface area contributed by atoms with Crippen LogP contribution in [0, 0.1) is 20.2 Å². The largest absolute Gasteiger partial charge is 0.756 e. The number of phosphoric acid groups is 2. The summed E-state index contributed by atoms with van der Waals surface area (Å²) >= 11 is 0. The average Bonchev–Trinajstić information content (AvgIpc) is 2.53. The summed E-state index contributed by atoms with van der Waals surface area (Å²) in [6, 6.07) is 9.44. The van der Waals surface area contributed by atoms with Crippen molar-refractivity contribution in [2.24, 2.45) is 0 Å². The number of hydrogen-bond donors (Lipinski definition) is 5. The Morgan fingerprint density at radius 3 is 1.33 bits per heavy atom. The number of nitro groups is 2. The number of nitrogens with zero attached hydrogens (tertiary/aromatic N) is 2. The Morgan fingerprint density at radius 2 is 1.07 bits per heavy atom. The van der Waals surface area contributed by atoms with Crippen molar-refractivity contribution in [3.8, 4) is 11.5 Å². The number of aromatic hydroxyl groups is 1. The predicted octanol–water partition coefficient (Wildman–Crippen LogP) is 1.44. The van der Waals surface area contributed by atoms with E-state index in [1.807, 2.05) is 0 Å². The molecule has 0 unspecified atom stereocenters. The molecule has 5 N–H and O–H groups in total. The minimum Gasteiger partial charge on any atom is -0.756 e. The SMILES string of the molecule is C.O=P([O-])(O)O.O=[N+]([O-])c1ccc(O)cc1.O=[N+]([O-])c1ccc(OP(=O)(O)O)cc1. The van der Waals surface area contributed by atoms with Crippen molar-refractivity contribution in [3.05, 3.63) is 68.8 Å². The van der Waals surface area contributed by atoms with Gasteiger partial charge in [0.25, 0.3) is 19.2 Å². The molecule has 0 saturated carbocycles. The summed E-state index contributed by atoms with van der Waals surface area (Å²) in [7, 11) is -9.49. The molecule has 0 aromatic heterocycles. The third-order valence-corrected chi connectivity index (χ3v) is 2.78. The molecule has 0 heterocycles. The van der Waals surface area contributed by atoms with Crippen LogP contribution >= 0.6 is 15.6 Å². The van der Waals surface area contributed by atoms with Crippen molar-refractivity contribution in [1.29, 1.82) is 0 Å². The molecule has 15 nitrogen and oxygen atoms in total. The van der Waals surface area contributed by atoms with Crippen LogP contribution in [0.3, 0.4) is 0 Å². The first-order valence-corrected chi connectivity index (χ1v) is 9.84. The van der Waals surface area contributed by atoms with E-state index in [0.29, 0.717) is 0 Å². The number of hydrogen-bond acceptors (Lipinski definition) is 9. The van der Waals surface area contributed by atoms with Gasteiger partial charge in [0, 0.05) is 24.3 Å². The molecular weight excluding hydrogens is 454 g/mol. The molecule has 0 atom stereocenters.